The zero-order chi connectivity index (χ0) is 35.7. The molecule has 0 aliphatic rings. The number of aliphatic carboxylic acids is 1. The average molecular weight is 684 g/mol. The SMILES string of the molecule is CCCCCCCCCCCCCCCCCCCC(=O)OCC(COCCC(C(=O)[O-])[N+](C)(C)C)OC(=O)CCCCCCCCC. The van der Waals surface area contributed by atoms with Gasteiger partial charge in [0.15, 0.2) is 6.10 Å². The molecular formula is C40H77NO7. The molecule has 0 aromatic heterocycles. The number of ether oxygens (including phenoxy) is 3. The van der Waals surface area contributed by atoms with Crippen LogP contribution < -0.4 is 5.11 Å². The summed E-state index contributed by atoms with van der Waals surface area (Å²) in [6, 6.07) is -0.717. The third-order valence-electron chi connectivity index (χ3n) is 9.24. The molecule has 0 rings (SSSR count). The summed E-state index contributed by atoms with van der Waals surface area (Å²) in [4.78, 5) is 36.5. The Balaban J connectivity index is 4.21. The minimum atomic E-state index is -1.12. The minimum absolute atomic E-state index is 0.0477. The lowest BCUT2D eigenvalue weighted by Crippen LogP contribution is -2.55. The molecule has 0 amide bonds. The first-order chi connectivity index (χ1) is 23.1. The van der Waals surface area contributed by atoms with Crippen LogP contribution in [0.5, 0.6) is 0 Å². The second-order valence-electron chi connectivity index (χ2n) is 14.9. The van der Waals surface area contributed by atoms with E-state index in [1.807, 2.05) is 0 Å². The van der Waals surface area contributed by atoms with Gasteiger partial charge in [0, 0.05) is 19.3 Å². The number of rotatable bonds is 36. The van der Waals surface area contributed by atoms with Gasteiger partial charge in [0.2, 0.25) is 0 Å². The Morgan fingerprint density at radius 2 is 0.917 bits per heavy atom. The van der Waals surface area contributed by atoms with Crippen molar-refractivity contribution in [1.29, 1.82) is 0 Å². The van der Waals surface area contributed by atoms with Crippen molar-refractivity contribution in [1.82, 2.24) is 0 Å². The zero-order valence-electron chi connectivity index (χ0n) is 32.2. The van der Waals surface area contributed by atoms with Gasteiger partial charge in [-0.1, -0.05) is 155 Å². The minimum Gasteiger partial charge on any atom is -0.544 e. The first-order valence-corrected chi connectivity index (χ1v) is 20.1. The highest BCUT2D eigenvalue weighted by molar-refractivity contribution is 5.70. The lowest BCUT2D eigenvalue weighted by atomic mass is 10.0. The van der Waals surface area contributed by atoms with Crippen molar-refractivity contribution in [3.8, 4) is 0 Å². The fourth-order valence-corrected chi connectivity index (χ4v) is 6.07. The number of likely N-dealkylation sites (N-methyl/N-ethyl adjacent to an activating group) is 1. The summed E-state index contributed by atoms with van der Waals surface area (Å²) < 4.78 is 17.0. The van der Waals surface area contributed by atoms with Gasteiger partial charge in [0.1, 0.15) is 12.6 Å². The molecular weight excluding hydrogens is 606 g/mol. The van der Waals surface area contributed by atoms with Crippen LogP contribution in [0.4, 0.5) is 0 Å². The molecule has 0 spiro atoms. The quantitative estimate of drug-likeness (QED) is 0.0369. The Labute approximate surface area is 296 Å². The monoisotopic (exact) mass is 684 g/mol. The topological polar surface area (TPSA) is 102 Å². The number of hydrogen-bond acceptors (Lipinski definition) is 7. The molecule has 48 heavy (non-hydrogen) atoms. The molecule has 0 heterocycles. The summed E-state index contributed by atoms with van der Waals surface area (Å²) >= 11 is 0. The summed E-state index contributed by atoms with van der Waals surface area (Å²) in [6.07, 6.45) is 30.0. The molecule has 284 valence electrons. The smallest absolute Gasteiger partial charge is 0.306 e. The predicted molar refractivity (Wildman–Crippen MR) is 194 cm³/mol. The Kier molecular flexibility index (Phi) is 31.4. The van der Waals surface area contributed by atoms with E-state index in [2.05, 4.69) is 13.8 Å². The maximum Gasteiger partial charge on any atom is 0.306 e. The predicted octanol–water partition coefficient (Wildman–Crippen LogP) is 8.86. The molecule has 0 fully saturated rings. The molecule has 0 aliphatic heterocycles. The van der Waals surface area contributed by atoms with Crippen molar-refractivity contribution in [3.05, 3.63) is 0 Å². The summed E-state index contributed by atoms with van der Waals surface area (Å²) in [5.74, 6) is -1.73. The Hall–Kier alpha value is -1.67. The van der Waals surface area contributed by atoms with E-state index in [4.69, 9.17) is 14.2 Å². The first kappa shape index (κ1) is 46.3. The van der Waals surface area contributed by atoms with Gasteiger partial charge in [-0.3, -0.25) is 9.59 Å². The van der Waals surface area contributed by atoms with Crippen LogP contribution in [0, 0.1) is 0 Å². The van der Waals surface area contributed by atoms with E-state index in [1.54, 1.807) is 21.1 Å². The van der Waals surface area contributed by atoms with Crippen LogP contribution in [-0.4, -0.2) is 75.5 Å². The number of carboxylic acids is 1. The molecule has 0 aromatic carbocycles. The normalized spacial score (nSPS) is 12.9. The van der Waals surface area contributed by atoms with Gasteiger partial charge in [-0.2, -0.15) is 0 Å². The third-order valence-corrected chi connectivity index (χ3v) is 9.24. The molecule has 8 nitrogen and oxygen atoms in total. The maximum absolute atomic E-state index is 12.5. The summed E-state index contributed by atoms with van der Waals surface area (Å²) in [5.41, 5.74) is 0. The molecule has 2 atom stereocenters. The van der Waals surface area contributed by atoms with Gasteiger partial charge in [0.25, 0.3) is 0 Å². The van der Waals surface area contributed by atoms with Crippen LogP contribution in [0.15, 0.2) is 0 Å². The molecule has 0 saturated heterocycles. The van der Waals surface area contributed by atoms with Crippen LogP contribution in [0.2, 0.25) is 0 Å². The number of carbonyl (C=O) groups excluding carboxylic acids is 3. The molecule has 0 bridgehead atoms. The largest absolute Gasteiger partial charge is 0.544 e. The Bertz CT molecular complexity index is 767. The molecule has 0 radical (unpaired) electrons. The van der Waals surface area contributed by atoms with E-state index in [1.165, 1.54) is 116 Å². The number of hydrogen-bond donors (Lipinski definition) is 0. The fraction of sp³-hybridized carbons (Fsp3) is 0.925. The van der Waals surface area contributed by atoms with E-state index < -0.39 is 18.1 Å². The van der Waals surface area contributed by atoms with Crippen LogP contribution in [0.3, 0.4) is 0 Å². The van der Waals surface area contributed by atoms with E-state index >= 15 is 0 Å². The van der Waals surface area contributed by atoms with Crippen LogP contribution in [0.25, 0.3) is 0 Å². The number of quaternary nitrogens is 1. The van der Waals surface area contributed by atoms with Gasteiger partial charge in [-0.15, -0.1) is 0 Å². The van der Waals surface area contributed by atoms with Crippen LogP contribution in [0.1, 0.15) is 187 Å². The summed E-state index contributed by atoms with van der Waals surface area (Å²) in [6.45, 7) is 4.63. The second-order valence-corrected chi connectivity index (χ2v) is 14.9. The number of carboxylic acid groups (broad SMARTS) is 1. The summed E-state index contributed by atoms with van der Waals surface area (Å²) in [7, 11) is 5.40. The second kappa shape index (κ2) is 32.5. The molecule has 8 heteroatoms. The maximum atomic E-state index is 12.5. The fourth-order valence-electron chi connectivity index (χ4n) is 6.07. The lowest BCUT2D eigenvalue weighted by Gasteiger charge is -2.34. The van der Waals surface area contributed by atoms with Crippen molar-refractivity contribution in [2.45, 2.75) is 199 Å². The van der Waals surface area contributed by atoms with E-state index in [-0.39, 0.29) is 42.7 Å². The number of esters is 2. The van der Waals surface area contributed by atoms with Crippen molar-refractivity contribution in [2.24, 2.45) is 0 Å². The van der Waals surface area contributed by atoms with Crippen molar-refractivity contribution in [2.75, 3.05) is 41.0 Å². The van der Waals surface area contributed by atoms with E-state index in [0.717, 1.165) is 38.5 Å². The first-order valence-electron chi connectivity index (χ1n) is 20.1. The number of nitrogens with zero attached hydrogens (tertiary/aromatic N) is 1. The number of unbranched alkanes of at least 4 members (excludes halogenated alkanes) is 22. The molecule has 0 saturated carbocycles. The lowest BCUT2D eigenvalue weighted by molar-refractivity contribution is -0.889. The van der Waals surface area contributed by atoms with Crippen molar-refractivity contribution < 1.29 is 38.2 Å². The van der Waals surface area contributed by atoms with E-state index in [0.29, 0.717) is 12.8 Å². The Morgan fingerprint density at radius 3 is 1.29 bits per heavy atom. The van der Waals surface area contributed by atoms with Gasteiger partial charge >= 0.3 is 11.9 Å². The molecule has 0 aliphatic carbocycles. The highest BCUT2D eigenvalue weighted by atomic mass is 16.6. The summed E-state index contributed by atoms with van der Waals surface area (Å²) in [5, 5.41) is 11.5. The van der Waals surface area contributed by atoms with Crippen molar-refractivity contribution >= 4 is 17.9 Å². The van der Waals surface area contributed by atoms with Gasteiger partial charge in [-0.05, 0) is 12.8 Å². The van der Waals surface area contributed by atoms with E-state index in [9.17, 15) is 19.5 Å². The number of carbonyl (C=O) groups is 3. The zero-order valence-corrected chi connectivity index (χ0v) is 32.2. The Morgan fingerprint density at radius 1 is 0.542 bits per heavy atom. The van der Waals surface area contributed by atoms with Gasteiger partial charge in [0.05, 0.1) is 40.3 Å². The highest BCUT2D eigenvalue weighted by Gasteiger charge is 2.25. The molecule has 2 unspecified atom stereocenters. The highest BCUT2D eigenvalue weighted by Crippen LogP contribution is 2.15. The van der Waals surface area contributed by atoms with Crippen molar-refractivity contribution in [3.63, 3.8) is 0 Å². The standard InChI is InChI=1S/C40H77NO7/c1-6-8-10-12-14-15-16-17-18-19-20-21-22-23-25-26-28-30-38(42)47-35-36(34-46-33-32-37(40(44)45)41(3,4)5)48-39(43)31-29-27-24-13-11-9-7-2/h36-37H,6-35H2,1-5H3. The molecule has 0 N–H and O–H groups in total. The van der Waals surface area contributed by atoms with Gasteiger partial charge < -0.3 is 28.6 Å². The van der Waals surface area contributed by atoms with Crippen LogP contribution in [-0.2, 0) is 28.6 Å². The van der Waals surface area contributed by atoms with Crippen LogP contribution >= 0.6 is 0 Å². The van der Waals surface area contributed by atoms with Gasteiger partial charge in [-0.25, -0.2) is 0 Å². The average Bonchev–Trinajstić information content (AvgIpc) is 3.03. The third kappa shape index (κ3) is 30.4. The molecule has 0 aromatic rings.